The highest BCUT2D eigenvalue weighted by atomic mass is 19.4. The molecule has 2 rings (SSSR count). The van der Waals surface area contributed by atoms with Crippen LogP contribution in [0.5, 0.6) is 0 Å². The van der Waals surface area contributed by atoms with Crippen molar-refractivity contribution in [2.75, 3.05) is 24.6 Å². The van der Waals surface area contributed by atoms with Crippen molar-refractivity contribution in [1.29, 1.82) is 0 Å². The Hall–Kier alpha value is -2.58. The van der Waals surface area contributed by atoms with Gasteiger partial charge in [-0.25, -0.2) is 0 Å². The van der Waals surface area contributed by atoms with E-state index in [9.17, 15) is 27.6 Å². The van der Waals surface area contributed by atoms with Gasteiger partial charge in [0.2, 0.25) is 5.91 Å². The van der Waals surface area contributed by atoms with Gasteiger partial charge in [-0.15, -0.1) is 0 Å². The fraction of sp³-hybridized carbons (Fsp3) is 0.500. The summed E-state index contributed by atoms with van der Waals surface area (Å²) in [6, 6.07) is 4.35. The first-order valence-corrected chi connectivity index (χ1v) is 8.49. The molecule has 0 saturated carbocycles. The highest BCUT2D eigenvalue weighted by molar-refractivity contribution is 5.99. The highest BCUT2D eigenvalue weighted by Gasteiger charge is 2.37. The quantitative estimate of drug-likeness (QED) is 0.762. The molecule has 2 amide bonds. The average Bonchev–Trinajstić information content (AvgIpc) is 2.99. The van der Waals surface area contributed by atoms with Crippen LogP contribution in [0.4, 0.5) is 18.9 Å². The maximum atomic E-state index is 12.8. The number of hydrogen-bond acceptors (Lipinski definition) is 4. The lowest BCUT2D eigenvalue weighted by molar-refractivity contribution is -0.152. The van der Waals surface area contributed by atoms with Crippen molar-refractivity contribution < 1.29 is 32.3 Å². The van der Waals surface area contributed by atoms with Crippen molar-refractivity contribution in [3.63, 3.8) is 0 Å². The van der Waals surface area contributed by atoms with E-state index in [1.807, 2.05) is 13.8 Å². The van der Waals surface area contributed by atoms with Crippen molar-refractivity contribution in [3.05, 3.63) is 29.8 Å². The predicted octanol–water partition coefficient (Wildman–Crippen LogP) is 2.37. The third kappa shape index (κ3) is 5.70. The number of benzene rings is 1. The number of nitrogens with one attached hydrogen (secondary N) is 1. The Bertz CT molecular complexity index is 719. The summed E-state index contributed by atoms with van der Waals surface area (Å²) in [5, 5.41) is 2.59. The first kappa shape index (κ1) is 20.7. The largest absolute Gasteiger partial charge is 0.455 e. The van der Waals surface area contributed by atoms with Gasteiger partial charge in [0, 0.05) is 25.2 Å². The number of halogens is 3. The Kier molecular flexibility index (Phi) is 6.45. The lowest BCUT2D eigenvalue weighted by Crippen LogP contribution is -2.33. The van der Waals surface area contributed by atoms with Gasteiger partial charge in [0.1, 0.15) is 0 Å². The van der Waals surface area contributed by atoms with E-state index in [1.165, 1.54) is 12.1 Å². The van der Waals surface area contributed by atoms with Crippen LogP contribution in [0.15, 0.2) is 24.3 Å². The third-order valence-corrected chi connectivity index (χ3v) is 4.00. The van der Waals surface area contributed by atoms with E-state index in [2.05, 4.69) is 5.32 Å². The van der Waals surface area contributed by atoms with Crippen LogP contribution < -0.4 is 10.2 Å². The molecular formula is C18H21F3N2O4. The van der Waals surface area contributed by atoms with Gasteiger partial charge in [0.25, 0.3) is 5.91 Å². The summed E-state index contributed by atoms with van der Waals surface area (Å²) in [6.45, 7) is 3.73. The molecule has 1 saturated heterocycles. The Morgan fingerprint density at radius 3 is 2.67 bits per heavy atom. The van der Waals surface area contributed by atoms with Crippen molar-refractivity contribution in [2.45, 2.75) is 26.4 Å². The number of alkyl halides is 3. The molecule has 1 aliphatic heterocycles. The van der Waals surface area contributed by atoms with E-state index in [1.54, 1.807) is 0 Å². The molecule has 1 fully saturated rings. The van der Waals surface area contributed by atoms with Crippen LogP contribution in [0.1, 0.15) is 25.8 Å². The molecular weight excluding hydrogens is 365 g/mol. The first-order chi connectivity index (χ1) is 12.6. The monoisotopic (exact) mass is 386 g/mol. The molecule has 1 aliphatic rings. The molecule has 0 radical (unpaired) electrons. The van der Waals surface area contributed by atoms with Gasteiger partial charge >= 0.3 is 12.1 Å². The van der Waals surface area contributed by atoms with Crippen LogP contribution in [0.25, 0.3) is 0 Å². The molecule has 1 atom stereocenters. The van der Waals surface area contributed by atoms with Gasteiger partial charge in [-0.05, 0) is 24.1 Å². The Morgan fingerprint density at radius 1 is 1.33 bits per heavy atom. The van der Waals surface area contributed by atoms with Gasteiger partial charge in [-0.2, -0.15) is 13.2 Å². The van der Waals surface area contributed by atoms with Crippen LogP contribution in [-0.2, 0) is 25.3 Å². The SMILES string of the molecule is CC(C)CNC(=O)COC(=O)[C@@H]1CC(=O)N(c2cccc(C(F)(F)F)c2)C1. The standard InChI is InChI=1S/C18H21F3N2O4/c1-11(2)8-22-15(24)10-27-17(26)12-6-16(25)23(9-12)14-5-3-4-13(7-14)18(19,20)21/h3-5,7,11-12H,6,8-10H2,1-2H3,(H,22,24)/t12-/m1/s1. The second-order valence-electron chi connectivity index (χ2n) is 6.76. The molecule has 1 aromatic rings. The molecule has 1 heterocycles. The number of carbonyl (C=O) groups is 3. The minimum absolute atomic E-state index is 0.0693. The summed E-state index contributed by atoms with van der Waals surface area (Å²) < 4.78 is 43.4. The van der Waals surface area contributed by atoms with Crippen LogP contribution in [0.2, 0.25) is 0 Å². The number of ether oxygens (including phenoxy) is 1. The number of amides is 2. The molecule has 0 aliphatic carbocycles. The first-order valence-electron chi connectivity index (χ1n) is 8.49. The highest BCUT2D eigenvalue weighted by Crippen LogP contribution is 2.33. The summed E-state index contributed by atoms with van der Waals surface area (Å²) in [6.07, 6.45) is -4.71. The van der Waals surface area contributed by atoms with E-state index in [0.29, 0.717) is 6.54 Å². The summed E-state index contributed by atoms with van der Waals surface area (Å²) in [5.74, 6) is -2.22. The zero-order valence-electron chi connectivity index (χ0n) is 15.0. The van der Waals surface area contributed by atoms with E-state index < -0.39 is 42.0 Å². The molecule has 0 unspecified atom stereocenters. The molecule has 1 N–H and O–H groups in total. The third-order valence-electron chi connectivity index (χ3n) is 4.00. The molecule has 0 bridgehead atoms. The van der Waals surface area contributed by atoms with Gasteiger partial charge < -0.3 is 15.0 Å². The molecule has 148 valence electrons. The Labute approximate surface area is 154 Å². The van der Waals surface area contributed by atoms with Gasteiger partial charge in [-0.3, -0.25) is 14.4 Å². The summed E-state index contributed by atoms with van der Waals surface area (Å²) in [5.41, 5.74) is -0.805. The Balaban J connectivity index is 1.95. The fourth-order valence-corrected chi connectivity index (χ4v) is 2.59. The molecule has 0 aromatic heterocycles. The smallest absolute Gasteiger partial charge is 0.416 e. The van der Waals surface area contributed by atoms with Crippen molar-refractivity contribution in [3.8, 4) is 0 Å². The van der Waals surface area contributed by atoms with Crippen LogP contribution in [0.3, 0.4) is 0 Å². The number of anilines is 1. The van der Waals surface area contributed by atoms with Crippen LogP contribution in [-0.4, -0.2) is 37.5 Å². The molecule has 6 nitrogen and oxygen atoms in total. The molecule has 9 heteroatoms. The molecule has 1 aromatic carbocycles. The summed E-state index contributed by atoms with van der Waals surface area (Å²) >= 11 is 0. The zero-order chi connectivity index (χ0) is 20.2. The lowest BCUT2D eigenvalue weighted by atomic mass is 10.1. The number of rotatable bonds is 6. The van der Waals surface area contributed by atoms with E-state index in [-0.39, 0.29) is 24.6 Å². The summed E-state index contributed by atoms with van der Waals surface area (Å²) in [7, 11) is 0. The Morgan fingerprint density at radius 2 is 2.04 bits per heavy atom. The maximum Gasteiger partial charge on any atom is 0.416 e. The normalized spacial score (nSPS) is 17.3. The second kappa shape index (κ2) is 8.41. The minimum atomic E-state index is -4.53. The van der Waals surface area contributed by atoms with Crippen molar-refractivity contribution >= 4 is 23.5 Å². The number of carbonyl (C=O) groups excluding carboxylic acids is 3. The van der Waals surface area contributed by atoms with Gasteiger partial charge in [0.05, 0.1) is 11.5 Å². The fourth-order valence-electron chi connectivity index (χ4n) is 2.59. The molecule has 0 spiro atoms. The zero-order valence-corrected chi connectivity index (χ0v) is 15.0. The van der Waals surface area contributed by atoms with E-state index >= 15 is 0 Å². The van der Waals surface area contributed by atoms with Gasteiger partial charge in [0.15, 0.2) is 6.61 Å². The van der Waals surface area contributed by atoms with Crippen LogP contribution >= 0.6 is 0 Å². The number of nitrogens with zero attached hydrogens (tertiary/aromatic N) is 1. The van der Waals surface area contributed by atoms with E-state index in [4.69, 9.17) is 4.74 Å². The van der Waals surface area contributed by atoms with E-state index in [0.717, 1.165) is 17.0 Å². The minimum Gasteiger partial charge on any atom is -0.455 e. The lowest BCUT2D eigenvalue weighted by Gasteiger charge is -2.18. The van der Waals surface area contributed by atoms with Gasteiger partial charge in [-0.1, -0.05) is 19.9 Å². The van der Waals surface area contributed by atoms with Crippen molar-refractivity contribution in [2.24, 2.45) is 11.8 Å². The maximum absolute atomic E-state index is 12.8. The van der Waals surface area contributed by atoms with Crippen LogP contribution in [0, 0.1) is 11.8 Å². The second-order valence-corrected chi connectivity index (χ2v) is 6.76. The predicted molar refractivity (Wildman–Crippen MR) is 90.7 cm³/mol. The number of hydrogen-bond donors (Lipinski definition) is 1. The van der Waals surface area contributed by atoms with Crippen molar-refractivity contribution in [1.82, 2.24) is 5.32 Å². The number of esters is 1. The average molecular weight is 386 g/mol. The summed E-state index contributed by atoms with van der Waals surface area (Å²) in [4.78, 5) is 36.9. The topological polar surface area (TPSA) is 75.7 Å². The molecule has 27 heavy (non-hydrogen) atoms.